The Bertz CT molecular complexity index is 1220. The molecule has 5 nitrogen and oxygen atoms in total. The minimum atomic E-state index is -4.65. The Morgan fingerprint density at radius 2 is 1.52 bits per heavy atom. The van der Waals surface area contributed by atoms with Gasteiger partial charge in [-0.05, 0) is 29.8 Å². The molecule has 0 saturated carbocycles. The highest BCUT2D eigenvalue weighted by molar-refractivity contribution is 6.31. The van der Waals surface area contributed by atoms with E-state index in [1.807, 2.05) is 0 Å². The van der Waals surface area contributed by atoms with Gasteiger partial charge in [0, 0.05) is 17.3 Å². The number of anilines is 1. The molecule has 1 aliphatic heterocycles. The highest BCUT2D eigenvalue weighted by atomic mass is 19.4. The number of halogens is 3. The lowest BCUT2D eigenvalue weighted by Gasteiger charge is -2.19. The van der Waals surface area contributed by atoms with Crippen molar-refractivity contribution in [3.8, 4) is 11.5 Å². The van der Waals surface area contributed by atoms with Crippen LogP contribution >= 0.6 is 0 Å². The maximum atomic E-state index is 13.5. The lowest BCUT2D eigenvalue weighted by Crippen LogP contribution is -2.21. The smallest absolute Gasteiger partial charge is 0.416 e. The molecule has 3 aromatic rings. The van der Waals surface area contributed by atoms with Gasteiger partial charge in [0.1, 0.15) is 13.2 Å². The number of hydrogen-bond donors (Lipinski definition) is 1. The molecule has 0 atom stereocenters. The third kappa shape index (κ3) is 5.06. The molecule has 0 saturated heterocycles. The minimum absolute atomic E-state index is 0.172. The number of fused-ring (bicyclic) bond motifs is 1. The van der Waals surface area contributed by atoms with Crippen LogP contribution in [0.2, 0.25) is 0 Å². The van der Waals surface area contributed by atoms with Crippen LogP contribution in [0, 0.1) is 0 Å². The number of benzene rings is 3. The molecule has 0 bridgehead atoms. The van der Waals surface area contributed by atoms with Gasteiger partial charge >= 0.3 is 6.18 Å². The molecule has 8 heteroatoms. The summed E-state index contributed by atoms with van der Waals surface area (Å²) in [6.45, 7) is 0.742. The van der Waals surface area contributed by atoms with Crippen molar-refractivity contribution in [1.29, 1.82) is 0 Å². The van der Waals surface area contributed by atoms with E-state index in [4.69, 9.17) is 9.47 Å². The van der Waals surface area contributed by atoms with Crippen LogP contribution in [0.1, 0.15) is 21.5 Å². The monoisotopic (exact) mass is 453 g/mol. The molecule has 3 aromatic carbocycles. The van der Waals surface area contributed by atoms with E-state index in [0.29, 0.717) is 30.4 Å². The van der Waals surface area contributed by atoms with E-state index in [2.05, 4.69) is 5.32 Å². The SMILES string of the molecule is O=C(Nc1ccc2c(c1)OCCO2)/C(=C/c1ccccc1C(F)(F)F)C(=O)c1ccccc1. The Morgan fingerprint density at radius 3 is 2.24 bits per heavy atom. The summed E-state index contributed by atoms with van der Waals surface area (Å²) in [7, 11) is 0. The molecule has 0 aliphatic carbocycles. The first-order chi connectivity index (χ1) is 15.8. The summed E-state index contributed by atoms with van der Waals surface area (Å²) in [6, 6.07) is 17.3. The standard InChI is InChI=1S/C25H18F3NO4/c26-25(27,28)20-9-5-4-8-17(20)14-19(23(30)16-6-2-1-3-7-16)24(31)29-18-10-11-21-22(15-18)33-13-12-32-21/h1-11,14-15H,12-13H2,(H,29,31)/b19-14+. The van der Waals surface area contributed by atoms with Crippen LogP contribution in [0.5, 0.6) is 11.5 Å². The van der Waals surface area contributed by atoms with E-state index in [9.17, 15) is 22.8 Å². The summed E-state index contributed by atoms with van der Waals surface area (Å²) >= 11 is 0. The zero-order chi connectivity index (χ0) is 23.4. The zero-order valence-corrected chi connectivity index (χ0v) is 17.2. The number of amides is 1. The summed E-state index contributed by atoms with van der Waals surface area (Å²) in [5.41, 5.74) is -1.20. The van der Waals surface area contributed by atoms with E-state index in [1.54, 1.807) is 30.3 Å². The second kappa shape index (κ2) is 9.20. The van der Waals surface area contributed by atoms with Crippen LogP contribution in [0.15, 0.2) is 78.4 Å². The summed E-state index contributed by atoms with van der Waals surface area (Å²) in [4.78, 5) is 26.2. The average Bonchev–Trinajstić information content (AvgIpc) is 2.82. The summed E-state index contributed by atoms with van der Waals surface area (Å²) in [5.74, 6) is -0.629. The Kier molecular flexibility index (Phi) is 6.17. The Balaban J connectivity index is 1.73. The van der Waals surface area contributed by atoms with Crippen molar-refractivity contribution in [3.63, 3.8) is 0 Å². The molecule has 0 aromatic heterocycles. The van der Waals surface area contributed by atoms with Crippen molar-refractivity contribution >= 4 is 23.5 Å². The van der Waals surface area contributed by atoms with E-state index in [1.165, 1.54) is 36.4 Å². The van der Waals surface area contributed by atoms with Crippen molar-refractivity contribution in [2.45, 2.75) is 6.18 Å². The van der Waals surface area contributed by atoms with Gasteiger partial charge in [0.25, 0.3) is 5.91 Å². The zero-order valence-electron chi connectivity index (χ0n) is 17.2. The Labute approximate surface area is 187 Å². The quantitative estimate of drug-likeness (QED) is 0.244. The number of hydrogen-bond acceptors (Lipinski definition) is 4. The first kappa shape index (κ1) is 22.1. The van der Waals surface area contributed by atoms with Gasteiger partial charge in [-0.3, -0.25) is 9.59 Å². The number of carbonyl (C=O) groups excluding carboxylic acids is 2. The highest BCUT2D eigenvalue weighted by Gasteiger charge is 2.33. The molecule has 1 aliphatic rings. The predicted octanol–water partition coefficient (Wildman–Crippen LogP) is 5.38. The van der Waals surface area contributed by atoms with Gasteiger partial charge in [0.05, 0.1) is 11.1 Å². The second-order valence-corrected chi connectivity index (χ2v) is 7.15. The van der Waals surface area contributed by atoms with Crippen molar-refractivity contribution in [1.82, 2.24) is 0 Å². The first-order valence-corrected chi connectivity index (χ1v) is 10.0. The fourth-order valence-corrected chi connectivity index (χ4v) is 3.34. The number of ketones is 1. The van der Waals surface area contributed by atoms with Gasteiger partial charge in [-0.1, -0.05) is 48.5 Å². The van der Waals surface area contributed by atoms with Crippen LogP contribution in [0.25, 0.3) is 6.08 Å². The van der Waals surface area contributed by atoms with Crippen molar-refractivity contribution in [3.05, 3.63) is 95.1 Å². The van der Waals surface area contributed by atoms with Crippen molar-refractivity contribution < 1.29 is 32.2 Å². The third-order valence-corrected chi connectivity index (χ3v) is 4.89. The topological polar surface area (TPSA) is 64.6 Å². The van der Waals surface area contributed by atoms with Crippen molar-refractivity contribution in [2.75, 3.05) is 18.5 Å². The Hall–Kier alpha value is -4.07. The van der Waals surface area contributed by atoms with Crippen LogP contribution in [-0.4, -0.2) is 24.9 Å². The fraction of sp³-hybridized carbons (Fsp3) is 0.120. The number of rotatable bonds is 5. The van der Waals surface area contributed by atoms with Crippen LogP contribution in [0.3, 0.4) is 0 Å². The van der Waals surface area contributed by atoms with Gasteiger partial charge in [0.2, 0.25) is 0 Å². The van der Waals surface area contributed by atoms with E-state index in [-0.39, 0.29) is 11.1 Å². The summed E-state index contributed by atoms with van der Waals surface area (Å²) < 4.78 is 51.4. The summed E-state index contributed by atoms with van der Waals surface area (Å²) in [5, 5.41) is 2.58. The maximum Gasteiger partial charge on any atom is 0.416 e. The van der Waals surface area contributed by atoms with Gasteiger partial charge in [-0.15, -0.1) is 0 Å². The normalized spacial score (nSPS) is 13.4. The Morgan fingerprint density at radius 1 is 0.848 bits per heavy atom. The molecule has 0 radical (unpaired) electrons. The second-order valence-electron chi connectivity index (χ2n) is 7.15. The molecule has 0 spiro atoms. The summed E-state index contributed by atoms with van der Waals surface area (Å²) in [6.07, 6.45) is -3.69. The number of alkyl halides is 3. The number of Topliss-reactive ketones (excluding diaryl/α,β-unsaturated/α-hetero) is 1. The van der Waals surface area contributed by atoms with Crippen LogP contribution in [0.4, 0.5) is 18.9 Å². The number of carbonyl (C=O) groups is 2. The molecule has 1 amide bonds. The van der Waals surface area contributed by atoms with Gasteiger partial charge in [0.15, 0.2) is 17.3 Å². The maximum absolute atomic E-state index is 13.5. The molecule has 4 rings (SSSR count). The first-order valence-electron chi connectivity index (χ1n) is 10.0. The van der Waals surface area contributed by atoms with Crippen LogP contribution in [-0.2, 0) is 11.0 Å². The minimum Gasteiger partial charge on any atom is -0.486 e. The van der Waals surface area contributed by atoms with Crippen LogP contribution < -0.4 is 14.8 Å². The van der Waals surface area contributed by atoms with Crippen molar-refractivity contribution in [2.24, 2.45) is 0 Å². The molecule has 168 valence electrons. The third-order valence-electron chi connectivity index (χ3n) is 4.89. The molecule has 1 N–H and O–H groups in total. The molecular weight excluding hydrogens is 435 g/mol. The molecule has 0 fully saturated rings. The fourth-order valence-electron chi connectivity index (χ4n) is 3.34. The van der Waals surface area contributed by atoms with E-state index in [0.717, 1.165) is 12.1 Å². The molecular formula is C25H18F3NO4. The largest absolute Gasteiger partial charge is 0.486 e. The lowest BCUT2D eigenvalue weighted by molar-refractivity contribution is -0.137. The molecule has 0 unspecified atom stereocenters. The molecule has 33 heavy (non-hydrogen) atoms. The predicted molar refractivity (Wildman–Crippen MR) is 116 cm³/mol. The highest BCUT2D eigenvalue weighted by Crippen LogP contribution is 2.34. The lowest BCUT2D eigenvalue weighted by atomic mass is 9.98. The van der Waals surface area contributed by atoms with E-state index < -0.39 is 29.0 Å². The number of nitrogens with one attached hydrogen (secondary N) is 1. The average molecular weight is 453 g/mol. The number of ether oxygens (including phenoxy) is 2. The van der Waals surface area contributed by atoms with Gasteiger partial charge < -0.3 is 14.8 Å². The van der Waals surface area contributed by atoms with Gasteiger partial charge in [-0.2, -0.15) is 13.2 Å². The molecule has 1 heterocycles. The van der Waals surface area contributed by atoms with E-state index >= 15 is 0 Å². The van der Waals surface area contributed by atoms with Gasteiger partial charge in [-0.25, -0.2) is 0 Å².